The first kappa shape index (κ1) is 18.4. The van der Waals surface area contributed by atoms with Crippen LogP contribution in [-0.2, 0) is 0 Å². The number of carbonyl (C=O) groups excluding carboxylic acids is 1. The van der Waals surface area contributed by atoms with Gasteiger partial charge in [0.1, 0.15) is 10.9 Å². The number of hydrogen-bond acceptors (Lipinski definition) is 6. The SMILES string of the molecule is CC1=NN2C(N)=C(C#N)C(c3ccc(Cl)cc3)C(C(=O)c3ccccc3)=C2S1. The number of carbonyl (C=O) groups is 1. The monoisotopic (exact) mass is 406 g/mol. The Morgan fingerprint density at radius 3 is 2.54 bits per heavy atom. The molecule has 0 fully saturated rings. The number of hydrogen-bond donors (Lipinski definition) is 1. The summed E-state index contributed by atoms with van der Waals surface area (Å²) in [5.74, 6) is -0.501. The molecule has 28 heavy (non-hydrogen) atoms. The standard InChI is InChI=1S/C21H15ClN4OS/c1-12-25-26-20(24)16(11-23)17(13-7-9-15(22)10-8-13)18(21(26)28-12)19(27)14-5-3-2-4-6-14/h2-10,17H,24H2,1H3. The Hall–Kier alpha value is -3.01. The topological polar surface area (TPSA) is 82.5 Å². The third kappa shape index (κ3) is 2.99. The molecule has 0 aliphatic carbocycles. The number of hydrazone groups is 1. The molecule has 2 heterocycles. The lowest BCUT2D eigenvalue weighted by atomic mass is 9.80. The molecule has 5 nitrogen and oxygen atoms in total. The largest absolute Gasteiger partial charge is 0.383 e. The number of allylic oxidation sites excluding steroid dienone is 2. The molecule has 0 spiro atoms. The maximum atomic E-state index is 13.5. The normalized spacial score (nSPS) is 18.7. The average Bonchev–Trinajstić information content (AvgIpc) is 3.10. The van der Waals surface area contributed by atoms with Gasteiger partial charge in [0.2, 0.25) is 0 Å². The molecule has 7 heteroatoms. The highest BCUT2D eigenvalue weighted by Crippen LogP contribution is 2.48. The summed E-state index contributed by atoms with van der Waals surface area (Å²) in [6.45, 7) is 1.84. The Kier molecular flexibility index (Phi) is 4.71. The van der Waals surface area contributed by atoms with Crippen LogP contribution in [0.15, 0.2) is 81.7 Å². The molecule has 138 valence electrons. The van der Waals surface area contributed by atoms with Crippen molar-refractivity contribution in [2.24, 2.45) is 10.8 Å². The molecule has 0 bridgehead atoms. The lowest BCUT2D eigenvalue weighted by Gasteiger charge is -2.31. The van der Waals surface area contributed by atoms with Crippen LogP contribution in [0.3, 0.4) is 0 Å². The van der Waals surface area contributed by atoms with Crippen molar-refractivity contribution in [3.63, 3.8) is 0 Å². The molecule has 2 aromatic rings. The number of nitrogens with two attached hydrogens (primary N) is 1. The number of ketones is 1. The van der Waals surface area contributed by atoms with E-state index in [1.807, 2.05) is 37.3 Å². The fourth-order valence-corrected chi connectivity index (χ4v) is 4.41. The first-order valence-corrected chi connectivity index (χ1v) is 9.73. The van der Waals surface area contributed by atoms with E-state index in [1.165, 1.54) is 16.8 Å². The van der Waals surface area contributed by atoms with Crippen molar-refractivity contribution in [2.45, 2.75) is 12.8 Å². The summed E-state index contributed by atoms with van der Waals surface area (Å²) in [7, 11) is 0. The van der Waals surface area contributed by atoms with Gasteiger partial charge in [0.05, 0.1) is 22.6 Å². The fraction of sp³-hybridized carbons (Fsp3) is 0.0952. The first-order valence-electron chi connectivity index (χ1n) is 8.53. The van der Waals surface area contributed by atoms with E-state index < -0.39 is 5.92 Å². The van der Waals surface area contributed by atoms with E-state index in [9.17, 15) is 10.1 Å². The zero-order chi connectivity index (χ0) is 19.8. The predicted octanol–water partition coefficient (Wildman–Crippen LogP) is 4.61. The number of halogens is 1. The third-order valence-electron chi connectivity index (χ3n) is 4.59. The Morgan fingerprint density at radius 1 is 1.21 bits per heavy atom. The van der Waals surface area contributed by atoms with Gasteiger partial charge in [-0.2, -0.15) is 10.4 Å². The minimum atomic E-state index is -0.588. The Labute approximate surface area is 171 Å². The van der Waals surface area contributed by atoms with Gasteiger partial charge in [0.25, 0.3) is 0 Å². The summed E-state index contributed by atoms with van der Waals surface area (Å²) >= 11 is 7.42. The maximum absolute atomic E-state index is 13.5. The summed E-state index contributed by atoms with van der Waals surface area (Å²) in [4.78, 5) is 13.5. The molecule has 2 aliphatic rings. The van der Waals surface area contributed by atoms with Crippen molar-refractivity contribution in [3.05, 3.63) is 92.7 Å². The maximum Gasteiger partial charge on any atom is 0.192 e. The summed E-state index contributed by atoms with van der Waals surface area (Å²) in [6, 6.07) is 18.3. The van der Waals surface area contributed by atoms with Crippen LogP contribution in [0.25, 0.3) is 0 Å². The van der Waals surface area contributed by atoms with Crippen molar-refractivity contribution in [1.82, 2.24) is 5.01 Å². The summed E-state index contributed by atoms with van der Waals surface area (Å²) in [6.07, 6.45) is 0. The van der Waals surface area contributed by atoms with E-state index >= 15 is 0 Å². The second kappa shape index (κ2) is 7.19. The van der Waals surface area contributed by atoms with Crippen LogP contribution in [0, 0.1) is 11.3 Å². The average molecular weight is 407 g/mol. The lowest BCUT2D eigenvalue weighted by molar-refractivity contribution is 0.102. The second-order valence-corrected chi connectivity index (χ2v) is 7.96. The van der Waals surface area contributed by atoms with E-state index in [1.54, 1.807) is 24.3 Å². The fourth-order valence-electron chi connectivity index (χ4n) is 3.34. The number of benzene rings is 2. The molecule has 2 N–H and O–H groups in total. The molecule has 0 amide bonds. The van der Waals surface area contributed by atoms with Gasteiger partial charge in [-0.05, 0) is 24.6 Å². The molecule has 2 aliphatic heterocycles. The minimum absolute atomic E-state index is 0.154. The Morgan fingerprint density at radius 2 is 1.89 bits per heavy atom. The molecule has 1 atom stereocenters. The van der Waals surface area contributed by atoms with Crippen molar-refractivity contribution in [3.8, 4) is 6.07 Å². The van der Waals surface area contributed by atoms with Crippen molar-refractivity contribution in [2.75, 3.05) is 0 Å². The van der Waals surface area contributed by atoms with Crippen LogP contribution in [-0.4, -0.2) is 15.8 Å². The van der Waals surface area contributed by atoms with Gasteiger partial charge in [-0.25, -0.2) is 5.01 Å². The van der Waals surface area contributed by atoms with Gasteiger partial charge in [-0.3, -0.25) is 4.79 Å². The van der Waals surface area contributed by atoms with Crippen molar-refractivity contribution >= 4 is 34.2 Å². The quantitative estimate of drug-likeness (QED) is 0.752. The van der Waals surface area contributed by atoms with Crippen LogP contribution in [0.4, 0.5) is 0 Å². The Balaban J connectivity index is 1.96. The number of Topliss-reactive ketones (excluding diaryl/α,β-unsaturated/α-hetero) is 1. The number of rotatable bonds is 3. The van der Waals surface area contributed by atoms with Gasteiger partial charge < -0.3 is 5.73 Å². The highest BCUT2D eigenvalue weighted by Gasteiger charge is 2.41. The molecule has 0 saturated heterocycles. The highest BCUT2D eigenvalue weighted by atomic mass is 35.5. The van der Waals surface area contributed by atoms with Gasteiger partial charge in [-0.15, -0.1) is 0 Å². The van der Waals surface area contributed by atoms with Crippen LogP contribution < -0.4 is 5.73 Å². The number of nitrogens with zero attached hydrogens (tertiary/aromatic N) is 3. The van der Waals surface area contributed by atoms with Crippen LogP contribution in [0.5, 0.6) is 0 Å². The van der Waals surface area contributed by atoms with Gasteiger partial charge >= 0.3 is 0 Å². The van der Waals surface area contributed by atoms with Crippen LogP contribution >= 0.6 is 23.4 Å². The van der Waals surface area contributed by atoms with Crippen molar-refractivity contribution in [1.29, 1.82) is 5.26 Å². The first-order chi connectivity index (χ1) is 13.5. The molecule has 0 radical (unpaired) electrons. The summed E-state index contributed by atoms with van der Waals surface area (Å²) < 4.78 is 0. The summed E-state index contributed by atoms with van der Waals surface area (Å²) in [5.41, 5.74) is 8.40. The van der Waals surface area contributed by atoms with E-state index in [-0.39, 0.29) is 11.6 Å². The summed E-state index contributed by atoms with van der Waals surface area (Å²) in [5, 5.41) is 17.8. The molecular formula is C21H15ClN4OS. The van der Waals surface area contributed by atoms with Gasteiger partial charge in [-0.1, -0.05) is 65.8 Å². The van der Waals surface area contributed by atoms with E-state index in [0.29, 0.717) is 26.8 Å². The smallest absolute Gasteiger partial charge is 0.192 e. The molecule has 0 saturated carbocycles. The molecule has 2 aromatic carbocycles. The van der Waals surface area contributed by atoms with Gasteiger partial charge in [0.15, 0.2) is 5.78 Å². The number of thioether (sulfide) groups is 1. The minimum Gasteiger partial charge on any atom is -0.383 e. The van der Waals surface area contributed by atoms with Crippen LogP contribution in [0.2, 0.25) is 5.02 Å². The molecular weight excluding hydrogens is 392 g/mol. The molecule has 1 unspecified atom stereocenters. The van der Waals surface area contributed by atoms with Crippen LogP contribution in [0.1, 0.15) is 28.8 Å². The zero-order valence-corrected chi connectivity index (χ0v) is 16.5. The molecule has 0 aromatic heterocycles. The predicted molar refractivity (Wildman–Crippen MR) is 111 cm³/mol. The van der Waals surface area contributed by atoms with E-state index in [2.05, 4.69) is 11.2 Å². The second-order valence-electron chi connectivity index (χ2n) is 6.34. The highest BCUT2D eigenvalue weighted by molar-refractivity contribution is 8.17. The third-order valence-corrected chi connectivity index (χ3v) is 5.81. The van der Waals surface area contributed by atoms with E-state index in [4.69, 9.17) is 17.3 Å². The number of fused-ring (bicyclic) bond motifs is 1. The van der Waals surface area contributed by atoms with E-state index in [0.717, 1.165) is 10.6 Å². The van der Waals surface area contributed by atoms with Gasteiger partial charge in [0, 0.05) is 16.2 Å². The Bertz CT molecular complexity index is 1100. The van der Waals surface area contributed by atoms with Crippen molar-refractivity contribution < 1.29 is 4.79 Å². The zero-order valence-electron chi connectivity index (χ0n) is 14.9. The number of nitriles is 1. The lowest BCUT2D eigenvalue weighted by Crippen LogP contribution is -2.31. The molecule has 4 rings (SSSR count).